The van der Waals surface area contributed by atoms with Crippen molar-refractivity contribution in [1.82, 2.24) is 15.3 Å². The fourth-order valence-electron chi connectivity index (χ4n) is 2.23. The molecular formula is C16H21N3O3. The average molecular weight is 303 g/mol. The number of benzene rings is 1. The number of carbonyl (C=O) groups is 1. The summed E-state index contributed by atoms with van der Waals surface area (Å²) in [5.74, 6) is 0.496. The number of unbranched alkanes of at least 4 members (excludes halogenated alkanes) is 1. The van der Waals surface area contributed by atoms with Gasteiger partial charge in [0.25, 0.3) is 0 Å². The Balaban J connectivity index is 1.82. The molecular weight excluding hydrogens is 282 g/mol. The van der Waals surface area contributed by atoms with Crippen LogP contribution in [0, 0.1) is 0 Å². The minimum atomic E-state index is -0.344. The number of methoxy groups -OCH3 is 1. The number of nitrogens with zero attached hydrogens (tertiary/aromatic N) is 2. The van der Waals surface area contributed by atoms with Crippen LogP contribution < -0.4 is 10.2 Å². The Morgan fingerprint density at radius 1 is 1.36 bits per heavy atom. The molecule has 0 unspecified atom stereocenters. The van der Waals surface area contributed by atoms with Crippen molar-refractivity contribution in [1.29, 1.82) is 0 Å². The molecule has 0 aliphatic heterocycles. The van der Waals surface area contributed by atoms with Gasteiger partial charge < -0.3 is 4.74 Å². The summed E-state index contributed by atoms with van der Waals surface area (Å²) < 4.78 is 7.11. The molecule has 1 aromatic heterocycles. The van der Waals surface area contributed by atoms with Gasteiger partial charge >= 0.3 is 0 Å². The second-order valence-corrected chi connectivity index (χ2v) is 5.10. The van der Waals surface area contributed by atoms with E-state index in [0.29, 0.717) is 13.0 Å². The molecule has 0 saturated heterocycles. The van der Waals surface area contributed by atoms with Crippen LogP contribution in [0.25, 0.3) is 0 Å². The van der Waals surface area contributed by atoms with E-state index in [0.717, 1.165) is 36.3 Å². The molecule has 0 atom stereocenters. The van der Waals surface area contributed by atoms with Crippen molar-refractivity contribution in [3.8, 4) is 5.75 Å². The number of ether oxygens (including phenoxy) is 1. The quantitative estimate of drug-likeness (QED) is 0.445. The number of carbonyl (C=O) groups excluding carboxylic acids is 1. The van der Waals surface area contributed by atoms with Crippen LogP contribution >= 0.6 is 0 Å². The first kappa shape index (κ1) is 16.0. The lowest BCUT2D eigenvalue weighted by atomic mass is 10.1. The molecule has 1 heterocycles. The Labute approximate surface area is 129 Å². The van der Waals surface area contributed by atoms with Crippen LogP contribution in [0.2, 0.25) is 0 Å². The summed E-state index contributed by atoms with van der Waals surface area (Å²) in [6.07, 6.45) is 4.71. The van der Waals surface area contributed by atoms with Gasteiger partial charge in [0, 0.05) is 12.6 Å². The molecule has 0 radical (unpaired) electrons. The molecule has 2 N–H and O–H groups in total. The predicted molar refractivity (Wildman–Crippen MR) is 81.8 cm³/mol. The van der Waals surface area contributed by atoms with Gasteiger partial charge in [-0.25, -0.2) is 5.48 Å². The lowest BCUT2D eigenvalue weighted by molar-refractivity contribution is -0.129. The largest absolute Gasteiger partial charge is 0.497 e. The predicted octanol–water partition coefficient (Wildman–Crippen LogP) is 2.16. The van der Waals surface area contributed by atoms with Crippen molar-refractivity contribution < 1.29 is 14.7 Å². The van der Waals surface area contributed by atoms with Crippen molar-refractivity contribution >= 4 is 5.91 Å². The number of hydrogen-bond donors (Lipinski definition) is 2. The molecule has 118 valence electrons. The second-order valence-electron chi connectivity index (χ2n) is 5.10. The van der Waals surface area contributed by atoms with Crippen LogP contribution in [0.3, 0.4) is 0 Å². The highest BCUT2D eigenvalue weighted by Crippen LogP contribution is 2.14. The van der Waals surface area contributed by atoms with E-state index in [1.807, 2.05) is 41.2 Å². The Kier molecular flexibility index (Phi) is 5.97. The fourth-order valence-corrected chi connectivity index (χ4v) is 2.23. The highest BCUT2D eigenvalue weighted by Gasteiger charge is 2.03. The van der Waals surface area contributed by atoms with E-state index in [1.165, 1.54) is 0 Å². The maximum absolute atomic E-state index is 10.9. The van der Waals surface area contributed by atoms with Crippen molar-refractivity contribution in [2.24, 2.45) is 0 Å². The van der Waals surface area contributed by atoms with Crippen LogP contribution in [-0.2, 0) is 17.8 Å². The van der Waals surface area contributed by atoms with Gasteiger partial charge in [-0.3, -0.25) is 14.7 Å². The van der Waals surface area contributed by atoms with E-state index in [2.05, 4.69) is 5.10 Å². The van der Waals surface area contributed by atoms with Gasteiger partial charge in [-0.1, -0.05) is 12.1 Å². The second kappa shape index (κ2) is 8.19. The van der Waals surface area contributed by atoms with Crippen LogP contribution in [0.4, 0.5) is 0 Å². The number of aromatic nitrogens is 2. The third-order valence-corrected chi connectivity index (χ3v) is 3.39. The van der Waals surface area contributed by atoms with Gasteiger partial charge in [0.05, 0.1) is 19.3 Å². The van der Waals surface area contributed by atoms with E-state index in [4.69, 9.17) is 9.94 Å². The Hall–Kier alpha value is -2.34. The van der Waals surface area contributed by atoms with E-state index < -0.39 is 0 Å². The number of amides is 1. The zero-order chi connectivity index (χ0) is 15.8. The van der Waals surface area contributed by atoms with E-state index in [9.17, 15) is 4.79 Å². The molecule has 0 aliphatic carbocycles. The number of rotatable bonds is 8. The molecule has 0 bridgehead atoms. The van der Waals surface area contributed by atoms with Gasteiger partial charge in [0.15, 0.2) is 0 Å². The highest BCUT2D eigenvalue weighted by atomic mass is 16.5. The van der Waals surface area contributed by atoms with Crippen LogP contribution in [0.1, 0.15) is 30.5 Å². The van der Waals surface area contributed by atoms with E-state index in [1.54, 1.807) is 12.6 Å². The normalized spacial score (nSPS) is 10.5. The summed E-state index contributed by atoms with van der Waals surface area (Å²) in [5.41, 5.74) is 3.78. The summed E-state index contributed by atoms with van der Waals surface area (Å²) in [5, 5.41) is 12.9. The molecule has 1 amide bonds. The fraction of sp³-hybridized carbons (Fsp3) is 0.375. The zero-order valence-electron chi connectivity index (χ0n) is 12.7. The molecule has 0 spiro atoms. The third-order valence-electron chi connectivity index (χ3n) is 3.39. The maximum Gasteiger partial charge on any atom is 0.243 e. The zero-order valence-corrected chi connectivity index (χ0v) is 12.7. The Morgan fingerprint density at radius 2 is 2.23 bits per heavy atom. The summed E-state index contributed by atoms with van der Waals surface area (Å²) in [6.45, 7) is 0.699. The van der Waals surface area contributed by atoms with E-state index >= 15 is 0 Å². The number of hydrogen-bond acceptors (Lipinski definition) is 4. The smallest absolute Gasteiger partial charge is 0.243 e. The number of hydroxylamine groups is 1. The van der Waals surface area contributed by atoms with Gasteiger partial charge in [0.1, 0.15) is 5.75 Å². The lowest BCUT2D eigenvalue weighted by Crippen LogP contribution is -2.17. The van der Waals surface area contributed by atoms with Crippen molar-refractivity contribution in [2.45, 2.75) is 32.2 Å². The molecule has 0 saturated carbocycles. The van der Waals surface area contributed by atoms with Crippen LogP contribution in [0.5, 0.6) is 5.75 Å². The average Bonchev–Trinajstić information content (AvgIpc) is 2.98. The molecule has 2 aromatic rings. The molecule has 6 heteroatoms. The van der Waals surface area contributed by atoms with Crippen LogP contribution in [-0.4, -0.2) is 28.0 Å². The Morgan fingerprint density at radius 3 is 3.00 bits per heavy atom. The van der Waals surface area contributed by atoms with Crippen molar-refractivity contribution in [3.05, 3.63) is 47.8 Å². The van der Waals surface area contributed by atoms with Crippen molar-refractivity contribution in [3.63, 3.8) is 0 Å². The molecule has 2 rings (SSSR count). The van der Waals surface area contributed by atoms with Crippen LogP contribution in [0.15, 0.2) is 36.5 Å². The van der Waals surface area contributed by atoms with Gasteiger partial charge in [0.2, 0.25) is 5.91 Å². The summed E-state index contributed by atoms with van der Waals surface area (Å²) >= 11 is 0. The highest BCUT2D eigenvalue weighted by molar-refractivity contribution is 5.74. The van der Waals surface area contributed by atoms with Gasteiger partial charge in [-0.15, -0.1) is 0 Å². The van der Waals surface area contributed by atoms with Gasteiger partial charge in [-0.2, -0.15) is 5.10 Å². The number of nitrogens with one attached hydrogen (secondary N) is 1. The van der Waals surface area contributed by atoms with Gasteiger partial charge in [-0.05, 0) is 43.0 Å². The maximum atomic E-state index is 10.9. The topological polar surface area (TPSA) is 76.4 Å². The first-order valence-electron chi connectivity index (χ1n) is 7.29. The molecule has 0 aliphatic rings. The third kappa shape index (κ3) is 4.89. The summed E-state index contributed by atoms with van der Waals surface area (Å²) in [7, 11) is 1.65. The molecule has 1 aromatic carbocycles. The minimum absolute atomic E-state index is 0.334. The minimum Gasteiger partial charge on any atom is -0.497 e. The monoisotopic (exact) mass is 303 g/mol. The Bertz CT molecular complexity index is 610. The summed E-state index contributed by atoms with van der Waals surface area (Å²) in [6, 6.07) is 9.91. The molecule has 0 fully saturated rings. The standard InChI is InChI=1S/C16H21N3O3/c1-22-15-7-4-5-13(11-15)12-19-10-9-14(17-19)6-2-3-8-16(20)18-21/h4-5,7,9-11,21H,2-3,6,8,12H2,1H3,(H,18,20). The van der Waals surface area contributed by atoms with E-state index in [-0.39, 0.29) is 5.91 Å². The molecule has 6 nitrogen and oxygen atoms in total. The van der Waals surface area contributed by atoms with Crippen molar-refractivity contribution in [2.75, 3.05) is 7.11 Å². The first-order valence-corrected chi connectivity index (χ1v) is 7.29. The molecule has 22 heavy (non-hydrogen) atoms. The lowest BCUT2D eigenvalue weighted by Gasteiger charge is -2.04. The first-order chi connectivity index (χ1) is 10.7. The summed E-state index contributed by atoms with van der Waals surface area (Å²) in [4.78, 5) is 10.9. The SMILES string of the molecule is COc1cccc(Cn2ccc(CCCCC(=O)NO)n2)c1. The number of aryl methyl sites for hydroxylation is 1.